The molecule has 146 valence electrons. The Balaban J connectivity index is 1.70. The molecular weight excluding hydrogens is 376 g/mol. The van der Waals surface area contributed by atoms with Gasteiger partial charge in [-0.15, -0.1) is 0 Å². The maximum atomic E-state index is 12.2. The number of fused-ring (bicyclic) bond motifs is 1. The molecule has 0 saturated carbocycles. The number of nitrogen functional groups attached to an aromatic ring is 1. The van der Waals surface area contributed by atoms with E-state index in [1.165, 1.54) is 0 Å². The number of nitrogens with zero attached hydrogens (tertiary/aromatic N) is 3. The van der Waals surface area contributed by atoms with E-state index in [-0.39, 0.29) is 5.91 Å². The first-order chi connectivity index (χ1) is 13.5. The minimum absolute atomic E-state index is 0.0940. The van der Waals surface area contributed by atoms with Crippen LogP contribution >= 0.6 is 11.6 Å². The third-order valence-corrected chi connectivity index (χ3v) is 4.68. The first-order valence-corrected chi connectivity index (χ1v) is 9.47. The Labute approximate surface area is 168 Å². The molecule has 0 aliphatic carbocycles. The van der Waals surface area contributed by atoms with Crippen molar-refractivity contribution in [2.24, 2.45) is 0 Å². The molecule has 7 nitrogen and oxygen atoms in total. The van der Waals surface area contributed by atoms with E-state index < -0.39 is 0 Å². The van der Waals surface area contributed by atoms with Gasteiger partial charge in [-0.05, 0) is 49.5 Å². The number of aromatic nitrogens is 2. The van der Waals surface area contributed by atoms with Crippen molar-refractivity contribution in [2.45, 2.75) is 13.8 Å². The number of hydrogen-bond acceptors (Lipinski definition) is 6. The molecule has 2 aromatic carbocycles. The molecule has 0 unspecified atom stereocenters. The molecule has 0 aliphatic heterocycles. The van der Waals surface area contributed by atoms with Crippen LogP contribution in [0.5, 0.6) is 0 Å². The van der Waals surface area contributed by atoms with Crippen LogP contribution in [-0.4, -0.2) is 40.4 Å². The van der Waals surface area contributed by atoms with Crippen molar-refractivity contribution in [3.05, 3.63) is 47.6 Å². The highest BCUT2D eigenvalue weighted by Gasteiger charge is 2.10. The van der Waals surface area contributed by atoms with Crippen LogP contribution in [0.2, 0.25) is 5.02 Å². The molecule has 0 atom stereocenters. The smallest absolute Gasteiger partial charge is 0.238 e. The van der Waals surface area contributed by atoms with Gasteiger partial charge in [0.25, 0.3) is 0 Å². The van der Waals surface area contributed by atoms with Crippen LogP contribution in [0.15, 0.2) is 42.6 Å². The number of halogens is 1. The quantitative estimate of drug-likeness (QED) is 0.522. The van der Waals surface area contributed by atoms with E-state index >= 15 is 0 Å². The highest BCUT2D eigenvalue weighted by Crippen LogP contribution is 2.27. The summed E-state index contributed by atoms with van der Waals surface area (Å²) in [5.41, 5.74) is 8.53. The van der Waals surface area contributed by atoms with Crippen LogP contribution in [0.1, 0.15) is 13.8 Å². The van der Waals surface area contributed by atoms with Gasteiger partial charge in [-0.1, -0.05) is 25.4 Å². The fourth-order valence-electron chi connectivity index (χ4n) is 2.78. The Kier molecular flexibility index (Phi) is 6.28. The number of carbonyl (C=O) groups excluding carboxylic acids is 1. The number of rotatable bonds is 7. The molecule has 1 heterocycles. The minimum atomic E-state index is -0.0940. The predicted octanol–water partition coefficient (Wildman–Crippen LogP) is 3.89. The van der Waals surface area contributed by atoms with E-state index in [4.69, 9.17) is 17.3 Å². The summed E-state index contributed by atoms with van der Waals surface area (Å²) in [4.78, 5) is 23.0. The average Bonchev–Trinajstić information content (AvgIpc) is 2.68. The summed E-state index contributed by atoms with van der Waals surface area (Å²) in [5, 5.41) is 7.28. The molecule has 1 aromatic heterocycles. The molecule has 1 amide bonds. The number of carbonyl (C=O) groups is 1. The van der Waals surface area contributed by atoms with E-state index in [1.807, 2.05) is 36.9 Å². The Morgan fingerprint density at radius 2 is 1.96 bits per heavy atom. The van der Waals surface area contributed by atoms with Crippen LogP contribution < -0.4 is 16.4 Å². The zero-order valence-corrected chi connectivity index (χ0v) is 16.6. The fourth-order valence-corrected chi connectivity index (χ4v) is 3.00. The standard InChI is InChI=1S/C20H23ClN6O/c1-3-27(4-2)12-19(28)25-18-8-6-15(10-16(18)21)24-20-23-11-13-9-14(22)5-7-17(13)26-20/h5-11H,3-4,12,22H2,1-2H3,(H,25,28)(H,23,24,26). The van der Waals surface area contributed by atoms with Crippen molar-refractivity contribution in [1.29, 1.82) is 0 Å². The Morgan fingerprint density at radius 3 is 2.68 bits per heavy atom. The summed E-state index contributed by atoms with van der Waals surface area (Å²) in [5.74, 6) is 0.357. The lowest BCUT2D eigenvalue weighted by Crippen LogP contribution is -2.32. The van der Waals surface area contributed by atoms with Gasteiger partial charge >= 0.3 is 0 Å². The van der Waals surface area contributed by atoms with Gasteiger partial charge in [0.2, 0.25) is 11.9 Å². The lowest BCUT2D eigenvalue weighted by Gasteiger charge is -2.17. The monoisotopic (exact) mass is 398 g/mol. The second-order valence-electron chi connectivity index (χ2n) is 6.34. The van der Waals surface area contributed by atoms with Gasteiger partial charge in [0.05, 0.1) is 22.8 Å². The van der Waals surface area contributed by atoms with E-state index in [0.717, 1.165) is 29.7 Å². The van der Waals surface area contributed by atoms with Crippen LogP contribution in [0, 0.1) is 0 Å². The normalized spacial score (nSPS) is 11.0. The molecule has 0 bridgehead atoms. The zero-order chi connectivity index (χ0) is 20.1. The van der Waals surface area contributed by atoms with Crippen LogP contribution in [0.25, 0.3) is 10.9 Å². The Bertz CT molecular complexity index is 990. The van der Waals surface area contributed by atoms with Crippen molar-refractivity contribution < 1.29 is 4.79 Å². The average molecular weight is 399 g/mol. The van der Waals surface area contributed by atoms with Gasteiger partial charge in [-0.3, -0.25) is 9.69 Å². The number of likely N-dealkylation sites (N-methyl/N-ethyl adjacent to an activating group) is 1. The van der Waals surface area contributed by atoms with Crippen molar-refractivity contribution >= 4 is 51.4 Å². The number of benzene rings is 2. The number of nitrogens with one attached hydrogen (secondary N) is 2. The molecule has 4 N–H and O–H groups in total. The van der Waals surface area contributed by atoms with E-state index in [2.05, 4.69) is 20.6 Å². The van der Waals surface area contributed by atoms with Crippen molar-refractivity contribution in [3.8, 4) is 0 Å². The second kappa shape index (κ2) is 8.86. The van der Waals surface area contributed by atoms with Crippen molar-refractivity contribution in [2.75, 3.05) is 36.0 Å². The maximum absolute atomic E-state index is 12.2. The molecule has 0 saturated heterocycles. The summed E-state index contributed by atoms with van der Waals surface area (Å²) >= 11 is 6.33. The summed E-state index contributed by atoms with van der Waals surface area (Å²) in [6.07, 6.45) is 1.71. The van der Waals surface area contributed by atoms with E-state index in [9.17, 15) is 4.79 Å². The zero-order valence-electron chi connectivity index (χ0n) is 15.9. The third kappa shape index (κ3) is 4.88. The van der Waals surface area contributed by atoms with E-state index in [0.29, 0.717) is 28.9 Å². The molecule has 0 fully saturated rings. The summed E-state index contributed by atoms with van der Waals surface area (Å²) in [7, 11) is 0. The first-order valence-electron chi connectivity index (χ1n) is 9.09. The minimum Gasteiger partial charge on any atom is -0.399 e. The number of nitrogens with two attached hydrogens (primary N) is 1. The number of hydrogen-bond donors (Lipinski definition) is 3. The highest BCUT2D eigenvalue weighted by molar-refractivity contribution is 6.34. The second-order valence-corrected chi connectivity index (χ2v) is 6.75. The Morgan fingerprint density at radius 1 is 1.18 bits per heavy atom. The molecule has 0 radical (unpaired) electrons. The van der Waals surface area contributed by atoms with Gasteiger partial charge in [-0.25, -0.2) is 9.97 Å². The molecular formula is C20H23ClN6O. The van der Waals surface area contributed by atoms with Gasteiger partial charge < -0.3 is 16.4 Å². The molecule has 0 aliphatic rings. The number of amides is 1. The largest absolute Gasteiger partial charge is 0.399 e. The van der Waals surface area contributed by atoms with Crippen molar-refractivity contribution in [3.63, 3.8) is 0 Å². The van der Waals surface area contributed by atoms with Crippen LogP contribution in [-0.2, 0) is 4.79 Å². The third-order valence-electron chi connectivity index (χ3n) is 4.36. The summed E-state index contributed by atoms with van der Waals surface area (Å²) in [6.45, 7) is 6.01. The van der Waals surface area contributed by atoms with Gasteiger partial charge in [0.1, 0.15) is 0 Å². The van der Waals surface area contributed by atoms with E-state index in [1.54, 1.807) is 24.4 Å². The van der Waals surface area contributed by atoms with Crippen molar-refractivity contribution in [1.82, 2.24) is 14.9 Å². The Hall–Kier alpha value is -2.90. The molecule has 0 spiro atoms. The van der Waals surface area contributed by atoms with Gasteiger partial charge in [0.15, 0.2) is 0 Å². The summed E-state index contributed by atoms with van der Waals surface area (Å²) in [6, 6.07) is 10.8. The predicted molar refractivity (Wildman–Crippen MR) is 115 cm³/mol. The SMILES string of the molecule is CCN(CC)CC(=O)Nc1ccc(Nc2ncc3cc(N)ccc3n2)cc1Cl. The highest BCUT2D eigenvalue weighted by atomic mass is 35.5. The molecule has 8 heteroatoms. The van der Waals surface area contributed by atoms with Crippen LogP contribution in [0.4, 0.5) is 23.0 Å². The van der Waals surface area contributed by atoms with Gasteiger partial charge in [0, 0.05) is 23.0 Å². The topological polar surface area (TPSA) is 96.2 Å². The number of anilines is 4. The molecule has 28 heavy (non-hydrogen) atoms. The maximum Gasteiger partial charge on any atom is 0.238 e. The lowest BCUT2D eigenvalue weighted by molar-refractivity contribution is -0.117. The summed E-state index contributed by atoms with van der Waals surface area (Å²) < 4.78 is 0. The lowest BCUT2D eigenvalue weighted by atomic mass is 10.2. The van der Waals surface area contributed by atoms with Crippen LogP contribution in [0.3, 0.4) is 0 Å². The fraction of sp³-hybridized carbons (Fsp3) is 0.250. The first kappa shape index (κ1) is 19.9. The molecule has 3 rings (SSSR count). The molecule has 3 aromatic rings. The van der Waals surface area contributed by atoms with Gasteiger partial charge in [-0.2, -0.15) is 0 Å².